The summed E-state index contributed by atoms with van der Waals surface area (Å²) in [4.78, 5) is 0. The molecule has 1 saturated carbocycles. The van der Waals surface area contributed by atoms with Crippen molar-refractivity contribution in [3.8, 4) is 0 Å². The van der Waals surface area contributed by atoms with Crippen LogP contribution in [0.2, 0.25) is 0 Å². The van der Waals surface area contributed by atoms with Gasteiger partial charge in [0.25, 0.3) is 0 Å². The highest BCUT2D eigenvalue weighted by atomic mass is 14.8. The Balaban J connectivity index is 2.06. The summed E-state index contributed by atoms with van der Waals surface area (Å²) in [5.41, 5.74) is 1.18. The second-order valence-corrected chi connectivity index (χ2v) is 5.55. The summed E-state index contributed by atoms with van der Waals surface area (Å²) in [7, 11) is 0. The van der Waals surface area contributed by atoms with E-state index < -0.39 is 0 Å². The zero-order chi connectivity index (χ0) is 10.6. The van der Waals surface area contributed by atoms with E-state index in [4.69, 9.17) is 0 Å². The third-order valence-corrected chi connectivity index (χ3v) is 5.10. The molecule has 3 rings (SSSR count). The summed E-state index contributed by atoms with van der Waals surface area (Å²) >= 11 is 0. The Morgan fingerprint density at radius 1 is 0.733 bits per heavy atom. The predicted molar refractivity (Wildman–Crippen MR) is 64.4 cm³/mol. The van der Waals surface area contributed by atoms with Crippen LogP contribution in [0.15, 0.2) is 48.6 Å². The van der Waals surface area contributed by atoms with Gasteiger partial charge in [-0.2, -0.15) is 0 Å². The molecule has 1 fully saturated rings. The molecule has 0 heteroatoms. The lowest BCUT2D eigenvalue weighted by Gasteiger charge is -2.21. The van der Waals surface area contributed by atoms with Gasteiger partial charge < -0.3 is 0 Å². The Hall–Kier alpha value is -1.04. The highest BCUT2D eigenvalue weighted by Crippen LogP contribution is 2.83. The lowest BCUT2D eigenvalue weighted by atomic mass is 9.83. The van der Waals surface area contributed by atoms with E-state index in [0.717, 1.165) is 0 Å². The van der Waals surface area contributed by atoms with Crippen LogP contribution in [0.5, 0.6) is 0 Å². The number of hydrogen-bond acceptors (Lipinski definition) is 0. The maximum Gasteiger partial charge on any atom is 0.00786 e. The van der Waals surface area contributed by atoms with Crippen LogP contribution in [-0.4, -0.2) is 0 Å². The molecule has 0 aliphatic heterocycles. The Kier molecular flexibility index (Phi) is 1.57. The van der Waals surface area contributed by atoms with Crippen LogP contribution in [0.4, 0.5) is 0 Å². The van der Waals surface area contributed by atoms with Crippen molar-refractivity contribution in [3.63, 3.8) is 0 Å². The first-order chi connectivity index (χ1) is 7.16. The quantitative estimate of drug-likeness (QED) is 0.551. The third kappa shape index (κ3) is 0.806. The lowest BCUT2D eigenvalue weighted by molar-refractivity contribution is 0.464. The number of rotatable bonds is 0. The van der Waals surface area contributed by atoms with Gasteiger partial charge in [0.1, 0.15) is 0 Å². The molecule has 2 atom stereocenters. The minimum absolute atomic E-state index is 0.385. The molecule has 0 aromatic carbocycles. The van der Waals surface area contributed by atoms with Crippen molar-refractivity contribution in [2.75, 3.05) is 0 Å². The molecule has 0 bridgehead atoms. The Labute approximate surface area is 92.1 Å². The standard InChI is InChI=1S/C15H18/c1-13(2)14(9-5-3-6-10-14)15(13)11-7-4-8-12-15/h3-9,11H,10,12H2,1-2H3. The summed E-state index contributed by atoms with van der Waals surface area (Å²) in [5.74, 6) is 0. The van der Waals surface area contributed by atoms with Crippen molar-refractivity contribution < 1.29 is 0 Å². The van der Waals surface area contributed by atoms with Gasteiger partial charge in [0.05, 0.1) is 0 Å². The second kappa shape index (κ2) is 2.55. The second-order valence-electron chi connectivity index (χ2n) is 5.55. The van der Waals surface area contributed by atoms with Gasteiger partial charge in [0, 0.05) is 10.8 Å². The molecule has 3 aliphatic rings. The fraction of sp³-hybridized carbons (Fsp3) is 0.467. The van der Waals surface area contributed by atoms with Crippen LogP contribution in [0.1, 0.15) is 26.7 Å². The summed E-state index contributed by atoms with van der Waals surface area (Å²) < 4.78 is 0. The Bertz CT molecular complexity index is 368. The van der Waals surface area contributed by atoms with E-state index in [1.165, 1.54) is 12.8 Å². The van der Waals surface area contributed by atoms with Crippen molar-refractivity contribution >= 4 is 0 Å². The molecule has 2 unspecified atom stereocenters. The van der Waals surface area contributed by atoms with Gasteiger partial charge in [-0.15, -0.1) is 0 Å². The first kappa shape index (κ1) is 9.21. The van der Waals surface area contributed by atoms with Gasteiger partial charge in [-0.25, -0.2) is 0 Å². The van der Waals surface area contributed by atoms with Crippen molar-refractivity contribution in [2.45, 2.75) is 26.7 Å². The van der Waals surface area contributed by atoms with Crippen LogP contribution < -0.4 is 0 Å². The van der Waals surface area contributed by atoms with Crippen molar-refractivity contribution in [1.82, 2.24) is 0 Å². The topological polar surface area (TPSA) is 0 Å². The third-order valence-electron chi connectivity index (χ3n) is 5.10. The first-order valence-corrected chi connectivity index (χ1v) is 5.85. The van der Waals surface area contributed by atoms with Gasteiger partial charge in [0.15, 0.2) is 0 Å². The van der Waals surface area contributed by atoms with E-state index in [9.17, 15) is 0 Å². The molecule has 0 radical (unpaired) electrons. The normalized spacial score (nSPS) is 44.1. The van der Waals surface area contributed by atoms with Crippen LogP contribution in [0.3, 0.4) is 0 Å². The summed E-state index contributed by atoms with van der Waals surface area (Å²) in [6.07, 6.45) is 20.7. The minimum Gasteiger partial charge on any atom is -0.0836 e. The van der Waals surface area contributed by atoms with E-state index in [1.54, 1.807) is 0 Å². The maximum absolute atomic E-state index is 2.44. The lowest BCUT2D eigenvalue weighted by Crippen LogP contribution is -2.11. The van der Waals surface area contributed by atoms with Gasteiger partial charge in [-0.3, -0.25) is 0 Å². The number of hydrogen-bond donors (Lipinski definition) is 0. The van der Waals surface area contributed by atoms with Gasteiger partial charge >= 0.3 is 0 Å². The summed E-state index contributed by atoms with van der Waals surface area (Å²) in [6, 6.07) is 0. The summed E-state index contributed by atoms with van der Waals surface area (Å²) in [6.45, 7) is 4.83. The zero-order valence-corrected chi connectivity index (χ0v) is 9.53. The van der Waals surface area contributed by atoms with E-state index in [1.807, 2.05) is 0 Å². The molecule has 0 nitrogen and oxygen atoms in total. The molecule has 15 heavy (non-hydrogen) atoms. The average molecular weight is 198 g/mol. The van der Waals surface area contributed by atoms with E-state index >= 15 is 0 Å². The van der Waals surface area contributed by atoms with Crippen LogP contribution in [0.25, 0.3) is 0 Å². The smallest absolute Gasteiger partial charge is 0.00786 e. The molecule has 0 saturated heterocycles. The Morgan fingerprint density at radius 3 is 1.53 bits per heavy atom. The van der Waals surface area contributed by atoms with E-state index in [0.29, 0.717) is 16.2 Å². The molecule has 0 aromatic heterocycles. The SMILES string of the molecule is CC1(C)C2(C=CC=CC2)C12C=CC=CC2. The van der Waals surface area contributed by atoms with Crippen LogP contribution in [-0.2, 0) is 0 Å². The van der Waals surface area contributed by atoms with E-state index in [-0.39, 0.29) is 0 Å². The Morgan fingerprint density at radius 2 is 1.20 bits per heavy atom. The predicted octanol–water partition coefficient (Wildman–Crippen LogP) is 4.03. The summed E-state index contributed by atoms with van der Waals surface area (Å²) in [5, 5.41) is 0. The average Bonchev–Trinajstić information content (AvgIpc) is 2.63. The van der Waals surface area contributed by atoms with Crippen molar-refractivity contribution in [1.29, 1.82) is 0 Å². The molecular formula is C15H18. The highest BCUT2D eigenvalue weighted by molar-refractivity contribution is 5.45. The van der Waals surface area contributed by atoms with Crippen molar-refractivity contribution in [2.24, 2.45) is 16.2 Å². The van der Waals surface area contributed by atoms with E-state index in [2.05, 4.69) is 62.5 Å². The maximum atomic E-state index is 2.44. The van der Waals surface area contributed by atoms with Crippen LogP contribution >= 0.6 is 0 Å². The molecule has 2 spiro atoms. The van der Waals surface area contributed by atoms with Crippen LogP contribution in [0, 0.1) is 16.2 Å². The van der Waals surface area contributed by atoms with Gasteiger partial charge in [-0.1, -0.05) is 62.5 Å². The zero-order valence-electron chi connectivity index (χ0n) is 9.53. The van der Waals surface area contributed by atoms with Gasteiger partial charge in [0.2, 0.25) is 0 Å². The molecule has 78 valence electrons. The first-order valence-electron chi connectivity index (χ1n) is 5.85. The molecule has 0 amide bonds. The molecular weight excluding hydrogens is 180 g/mol. The monoisotopic (exact) mass is 198 g/mol. The molecule has 0 N–H and O–H groups in total. The largest absolute Gasteiger partial charge is 0.0836 e. The molecule has 3 aliphatic carbocycles. The fourth-order valence-corrected chi connectivity index (χ4v) is 3.96. The highest BCUT2D eigenvalue weighted by Gasteiger charge is 2.78. The minimum atomic E-state index is 0.385. The molecule has 0 aromatic rings. The van der Waals surface area contributed by atoms with Crippen molar-refractivity contribution in [3.05, 3.63) is 48.6 Å². The number of allylic oxidation sites excluding steroid dienone is 8. The number of fused-ring (bicyclic) bond motifs is 1. The fourth-order valence-electron chi connectivity index (χ4n) is 3.96. The molecule has 0 heterocycles. The van der Waals surface area contributed by atoms with Gasteiger partial charge in [-0.05, 0) is 18.3 Å².